The Morgan fingerprint density at radius 1 is 1.41 bits per heavy atom. The highest BCUT2D eigenvalue weighted by atomic mass is 16.3. The van der Waals surface area contributed by atoms with Crippen molar-refractivity contribution in [2.24, 2.45) is 5.73 Å². The maximum Gasteiger partial charge on any atom is 0.136 e. The van der Waals surface area contributed by atoms with Crippen LogP contribution in [-0.4, -0.2) is 21.6 Å². The predicted octanol–water partition coefficient (Wildman–Crippen LogP) is 1.69. The maximum absolute atomic E-state index is 9.58. The molecule has 1 unspecified atom stereocenters. The average molecular weight is 231 g/mol. The monoisotopic (exact) mass is 231 g/mol. The molecule has 0 bridgehead atoms. The summed E-state index contributed by atoms with van der Waals surface area (Å²) in [6.07, 6.45) is 1.00. The van der Waals surface area contributed by atoms with Gasteiger partial charge in [0.05, 0.1) is 11.9 Å². The van der Waals surface area contributed by atoms with Crippen LogP contribution in [0.1, 0.15) is 23.1 Å². The van der Waals surface area contributed by atoms with E-state index in [2.05, 4.69) is 42.0 Å². The largest absolute Gasteiger partial charge is 0.384 e. The highest BCUT2D eigenvalue weighted by Gasteiger charge is 2.11. The minimum atomic E-state index is -0.727. The van der Waals surface area contributed by atoms with E-state index in [1.165, 1.54) is 11.1 Å². The van der Waals surface area contributed by atoms with Crippen LogP contribution in [0.2, 0.25) is 0 Å². The predicted molar refractivity (Wildman–Crippen MR) is 67.5 cm³/mol. The first-order valence-corrected chi connectivity index (χ1v) is 5.62. The standard InChI is InChI=1S/C13H17N3O/c1-8-3-4-10(9(2)5-8)11-7-15-13(16-11)12(17)6-14/h3-5,7,12,17H,6,14H2,1-2H3,(H,15,16). The fraction of sp³-hybridized carbons (Fsp3) is 0.308. The molecule has 0 aliphatic heterocycles. The fourth-order valence-electron chi connectivity index (χ4n) is 1.87. The zero-order valence-corrected chi connectivity index (χ0v) is 10.1. The van der Waals surface area contributed by atoms with Crippen LogP contribution in [0.25, 0.3) is 11.3 Å². The summed E-state index contributed by atoms with van der Waals surface area (Å²) in [5.74, 6) is 0.516. The number of hydrogen-bond donors (Lipinski definition) is 3. The van der Waals surface area contributed by atoms with E-state index in [0.29, 0.717) is 5.82 Å². The lowest BCUT2D eigenvalue weighted by Crippen LogP contribution is -2.12. The van der Waals surface area contributed by atoms with Crippen LogP contribution < -0.4 is 5.73 Å². The van der Waals surface area contributed by atoms with E-state index in [1.807, 2.05) is 0 Å². The summed E-state index contributed by atoms with van der Waals surface area (Å²) in [6, 6.07) is 6.23. The molecular formula is C13H17N3O. The van der Waals surface area contributed by atoms with Crippen molar-refractivity contribution in [1.82, 2.24) is 9.97 Å². The van der Waals surface area contributed by atoms with Gasteiger partial charge in [-0.3, -0.25) is 0 Å². The van der Waals surface area contributed by atoms with Crippen LogP contribution >= 0.6 is 0 Å². The summed E-state index contributed by atoms with van der Waals surface area (Å²) in [5.41, 5.74) is 9.81. The minimum Gasteiger partial charge on any atom is -0.384 e. The number of nitrogens with two attached hydrogens (primary N) is 1. The Labute approximate surface area is 101 Å². The van der Waals surface area contributed by atoms with Crippen LogP contribution in [-0.2, 0) is 0 Å². The zero-order chi connectivity index (χ0) is 12.4. The Morgan fingerprint density at radius 3 is 2.82 bits per heavy atom. The summed E-state index contributed by atoms with van der Waals surface area (Å²) < 4.78 is 0. The third-order valence-corrected chi connectivity index (χ3v) is 2.81. The van der Waals surface area contributed by atoms with Crippen molar-refractivity contribution in [2.45, 2.75) is 20.0 Å². The van der Waals surface area contributed by atoms with Gasteiger partial charge in [0, 0.05) is 12.1 Å². The van der Waals surface area contributed by atoms with Crippen molar-refractivity contribution in [3.8, 4) is 11.3 Å². The Bertz CT molecular complexity index is 519. The van der Waals surface area contributed by atoms with Gasteiger partial charge in [-0.15, -0.1) is 0 Å². The Balaban J connectivity index is 2.37. The molecule has 1 atom stereocenters. The number of rotatable bonds is 3. The van der Waals surface area contributed by atoms with Crippen molar-refractivity contribution in [3.63, 3.8) is 0 Å². The number of H-pyrrole nitrogens is 1. The molecule has 4 N–H and O–H groups in total. The van der Waals surface area contributed by atoms with Crippen LogP contribution in [0.5, 0.6) is 0 Å². The van der Waals surface area contributed by atoms with E-state index in [0.717, 1.165) is 11.3 Å². The lowest BCUT2D eigenvalue weighted by atomic mass is 10.0. The quantitative estimate of drug-likeness (QED) is 0.752. The molecule has 4 nitrogen and oxygen atoms in total. The smallest absolute Gasteiger partial charge is 0.136 e. The lowest BCUT2D eigenvalue weighted by Gasteiger charge is -2.05. The van der Waals surface area contributed by atoms with Crippen LogP contribution in [0.15, 0.2) is 24.4 Å². The average Bonchev–Trinajstić information content (AvgIpc) is 2.77. The number of aliphatic hydroxyl groups excluding tert-OH is 1. The van der Waals surface area contributed by atoms with E-state index in [4.69, 9.17) is 5.73 Å². The molecule has 2 rings (SSSR count). The molecule has 17 heavy (non-hydrogen) atoms. The Kier molecular flexibility index (Phi) is 3.26. The number of nitrogens with one attached hydrogen (secondary N) is 1. The van der Waals surface area contributed by atoms with Gasteiger partial charge in [0.25, 0.3) is 0 Å². The van der Waals surface area contributed by atoms with Crippen molar-refractivity contribution < 1.29 is 5.11 Å². The van der Waals surface area contributed by atoms with Gasteiger partial charge in [0.15, 0.2) is 0 Å². The van der Waals surface area contributed by atoms with Crippen molar-refractivity contribution >= 4 is 0 Å². The molecule has 0 aliphatic rings. The summed E-state index contributed by atoms with van der Waals surface area (Å²) in [6.45, 7) is 4.29. The number of nitrogens with zero attached hydrogens (tertiary/aromatic N) is 1. The topological polar surface area (TPSA) is 74.9 Å². The van der Waals surface area contributed by atoms with Gasteiger partial charge < -0.3 is 15.8 Å². The minimum absolute atomic E-state index is 0.167. The van der Waals surface area contributed by atoms with Crippen molar-refractivity contribution in [2.75, 3.05) is 6.54 Å². The number of imidazole rings is 1. The number of benzene rings is 1. The molecular weight excluding hydrogens is 214 g/mol. The van der Waals surface area contributed by atoms with E-state index >= 15 is 0 Å². The molecule has 2 aromatic rings. The molecule has 0 radical (unpaired) electrons. The van der Waals surface area contributed by atoms with E-state index in [1.54, 1.807) is 6.20 Å². The molecule has 4 heteroatoms. The number of aryl methyl sites for hydroxylation is 2. The number of hydrogen-bond acceptors (Lipinski definition) is 3. The second-order valence-electron chi connectivity index (χ2n) is 4.25. The molecule has 0 aliphatic carbocycles. The van der Waals surface area contributed by atoms with Gasteiger partial charge >= 0.3 is 0 Å². The summed E-state index contributed by atoms with van der Waals surface area (Å²) in [4.78, 5) is 7.24. The highest BCUT2D eigenvalue weighted by Crippen LogP contribution is 2.23. The van der Waals surface area contributed by atoms with Crippen LogP contribution in [0.3, 0.4) is 0 Å². The molecule has 1 aromatic heterocycles. The normalized spacial score (nSPS) is 12.7. The lowest BCUT2D eigenvalue weighted by molar-refractivity contribution is 0.177. The molecule has 1 aromatic carbocycles. The fourth-order valence-corrected chi connectivity index (χ4v) is 1.87. The van der Waals surface area contributed by atoms with Crippen LogP contribution in [0.4, 0.5) is 0 Å². The van der Waals surface area contributed by atoms with E-state index in [-0.39, 0.29) is 6.54 Å². The molecule has 0 saturated carbocycles. The number of aromatic nitrogens is 2. The first-order valence-electron chi connectivity index (χ1n) is 5.62. The molecule has 0 amide bonds. The van der Waals surface area contributed by atoms with Crippen molar-refractivity contribution in [3.05, 3.63) is 41.3 Å². The van der Waals surface area contributed by atoms with Crippen molar-refractivity contribution in [1.29, 1.82) is 0 Å². The SMILES string of the molecule is Cc1ccc(-c2cnc(C(O)CN)[nH]2)c(C)c1. The molecule has 0 fully saturated rings. The van der Waals surface area contributed by atoms with Gasteiger partial charge in [0.1, 0.15) is 11.9 Å². The molecule has 0 saturated heterocycles. The Morgan fingerprint density at radius 2 is 2.18 bits per heavy atom. The maximum atomic E-state index is 9.58. The van der Waals surface area contributed by atoms with Gasteiger partial charge in [-0.05, 0) is 19.4 Å². The Hall–Kier alpha value is -1.65. The third kappa shape index (κ3) is 2.38. The molecule has 90 valence electrons. The van der Waals surface area contributed by atoms with Gasteiger partial charge in [-0.25, -0.2) is 4.98 Å². The molecule has 0 spiro atoms. The first-order chi connectivity index (χ1) is 8.11. The number of aliphatic hydroxyl groups is 1. The van der Waals surface area contributed by atoms with E-state index in [9.17, 15) is 5.11 Å². The summed E-state index contributed by atoms with van der Waals surface area (Å²) >= 11 is 0. The van der Waals surface area contributed by atoms with E-state index < -0.39 is 6.10 Å². The first kappa shape index (κ1) is 11.8. The zero-order valence-electron chi connectivity index (χ0n) is 10.1. The molecule has 1 heterocycles. The third-order valence-electron chi connectivity index (χ3n) is 2.81. The second-order valence-corrected chi connectivity index (χ2v) is 4.25. The number of aromatic amines is 1. The second kappa shape index (κ2) is 4.69. The van der Waals surface area contributed by atoms with Gasteiger partial charge in [0.2, 0.25) is 0 Å². The van der Waals surface area contributed by atoms with Gasteiger partial charge in [-0.1, -0.05) is 23.8 Å². The summed E-state index contributed by atoms with van der Waals surface area (Å²) in [7, 11) is 0. The summed E-state index contributed by atoms with van der Waals surface area (Å²) in [5, 5.41) is 9.58. The van der Waals surface area contributed by atoms with Gasteiger partial charge in [-0.2, -0.15) is 0 Å². The highest BCUT2D eigenvalue weighted by molar-refractivity contribution is 5.63. The van der Waals surface area contributed by atoms with Crippen LogP contribution in [0, 0.1) is 13.8 Å².